The molecule has 0 N–H and O–H groups in total. The Morgan fingerprint density at radius 2 is 0.638 bits per heavy atom. The Morgan fingerprint density at radius 3 is 1.21 bits per heavy atom. The van der Waals surface area contributed by atoms with Gasteiger partial charge in [-0.1, -0.05) is 140 Å². The van der Waals surface area contributed by atoms with E-state index in [-0.39, 0.29) is 0 Å². The second kappa shape index (κ2) is 11.3. The van der Waals surface area contributed by atoms with Gasteiger partial charge in [0.05, 0.1) is 0 Å². The summed E-state index contributed by atoms with van der Waals surface area (Å²) >= 11 is 0. The summed E-state index contributed by atoms with van der Waals surface area (Å²) in [5.74, 6) is 0. The van der Waals surface area contributed by atoms with E-state index in [1.807, 2.05) is 0 Å². The highest BCUT2D eigenvalue weighted by Crippen LogP contribution is 2.39. The van der Waals surface area contributed by atoms with Crippen LogP contribution >= 0.6 is 0 Å². The van der Waals surface area contributed by atoms with Crippen LogP contribution in [0.2, 0.25) is 0 Å². The fourth-order valence-corrected chi connectivity index (χ4v) is 6.93. The van der Waals surface area contributed by atoms with Crippen LogP contribution in [-0.4, -0.2) is 0 Å². The van der Waals surface area contributed by atoms with Crippen molar-refractivity contribution in [3.05, 3.63) is 188 Å². The highest BCUT2D eigenvalue weighted by atomic mass is 15.1. The number of rotatable bonds is 5. The lowest BCUT2D eigenvalue weighted by Gasteiger charge is -2.26. The summed E-state index contributed by atoms with van der Waals surface area (Å²) in [7, 11) is 0. The summed E-state index contributed by atoms with van der Waals surface area (Å²) in [5, 5.41) is 10.1. The first kappa shape index (κ1) is 27.2. The van der Waals surface area contributed by atoms with Crippen molar-refractivity contribution in [1.29, 1.82) is 0 Å². The fraction of sp³-hybridized carbons (Fsp3) is 0. The molecule has 0 aromatic heterocycles. The molecule has 0 bridgehead atoms. The van der Waals surface area contributed by atoms with Gasteiger partial charge in [0.1, 0.15) is 0 Å². The standard InChI is InChI=1S/C46H31N/c1-3-10-37-29-39(16-13-32(37)7-1)34-19-23-42(24-20-34)47(44-27-28-46-41(31-44)18-15-36-9-5-6-12-45(36)46)43-25-21-35(22-26-43)40-17-14-33-8-2-4-11-38(33)30-40/h1-31H. The zero-order chi connectivity index (χ0) is 31.2. The minimum Gasteiger partial charge on any atom is -0.310 e. The number of hydrogen-bond donors (Lipinski definition) is 0. The van der Waals surface area contributed by atoms with Crippen LogP contribution in [-0.2, 0) is 0 Å². The predicted octanol–water partition coefficient (Wildman–Crippen LogP) is 13.1. The topological polar surface area (TPSA) is 3.24 Å². The van der Waals surface area contributed by atoms with Crippen LogP contribution in [0.5, 0.6) is 0 Å². The molecule has 0 spiro atoms. The van der Waals surface area contributed by atoms with Gasteiger partial charge in [-0.25, -0.2) is 0 Å². The van der Waals surface area contributed by atoms with E-state index in [0.29, 0.717) is 0 Å². The number of fused-ring (bicyclic) bond motifs is 5. The lowest BCUT2D eigenvalue weighted by atomic mass is 9.99. The van der Waals surface area contributed by atoms with Gasteiger partial charge in [0.25, 0.3) is 0 Å². The van der Waals surface area contributed by atoms with Crippen LogP contribution in [0.4, 0.5) is 17.1 Å². The third-order valence-corrected chi connectivity index (χ3v) is 9.40. The molecule has 0 radical (unpaired) electrons. The Labute approximate surface area is 274 Å². The van der Waals surface area contributed by atoms with E-state index in [2.05, 4.69) is 193 Å². The first-order chi connectivity index (χ1) is 23.3. The molecule has 220 valence electrons. The van der Waals surface area contributed by atoms with E-state index in [9.17, 15) is 0 Å². The van der Waals surface area contributed by atoms with Gasteiger partial charge in [-0.2, -0.15) is 0 Å². The van der Waals surface area contributed by atoms with Gasteiger partial charge in [-0.05, 0) is 114 Å². The van der Waals surface area contributed by atoms with E-state index >= 15 is 0 Å². The van der Waals surface area contributed by atoms with Crippen LogP contribution in [0.25, 0.3) is 65.3 Å². The summed E-state index contributed by atoms with van der Waals surface area (Å²) in [6, 6.07) is 68.3. The van der Waals surface area contributed by atoms with E-state index in [4.69, 9.17) is 0 Å². The molecule has 0 amide bonds. The van der Waals surface area contributed by atoms with Crippen LogP contribution in [0.1, 0.15) is 0 Å². The summed E-state index contributed by atoms with van der Waals surface area (Å²) in [6.07, 6.45) is 0. The second-order valence-corrected chi connectivity index (χ2v) is 12.2. The lowest BCUT2D eigenvalue weighted by Crippen LogP contribution is -2.09. The largest absolute Gasteiger partial charge is 0.310 e. The summed E-state index contributed by atoms with van der Waals surface area (Å²) in [4.78, 5) is 2.36. The van der Waals surface area contributed by atoms with Crippen molar-refractivity contribution < 1.29 is 0 Å². The molecule has 0 heterocycles. The van der Waals surface area contributed by atoms with E-state index in [0.717, 1.165) is 17.1 Å². The number of benzene rings is 9. The van der Waals surface area contributed by atoms with Crippen LogP contribution in [0.3, 0.4) is 0 Å². The Bertz CT molecular complexity index is 2440. The van der Waals surface area contributed by atoms with E-state index < -0.39 is 0 Å². The molecule has 0 aliphatic carbocycles. The maximum Gasteiger partial charge on any atom is 0.0468 e. The number of nitrogens with zero attached hydrogens (tertiary/aromatic N) is 1. The fourth-order valence-electron chi connectivity index (χ4n) is 6.93. The van der Waals surface area contributed by atoms with Gasteiger partial charge in [0.2, 0.25) is 0 Å². The van der Waals surface area contributed by atoms with Crippen LogP contribution in [0.15, 0.2) is 188 Å². The molecule has 1 nitrogen and oxygen atoms in total. The SMILES string of the molecule is c1ccc2cc(-c3ccc(N(c4ccc(-c5ccc6ccccc6c5)cc4)c4ccc5c(ccc6ccccc65)c4)cc3)ccc2c1. The van der Waals surface area contributed by atoms with Gasteiger partial charge in [-0.3, -0.25) is 0 Å². The lowest BCUT2D eigenvalue weighted by molar-refractivity contribution is 1.29. The molecule has 0 unspecified atom stereocenters. The Kier molecular flexibility index (Phi) is 6.54. The smallest absolute Gasteiger partial charge is 0.0468 e. The Morgan fingerprint density at radius 1 is 0.234 bits per heavy atom. The first-order valence-corrected chi connectivity index (χ1v) is 16.2. The molecule has 0 aliphatic rings. The van der Waals surface area contributed by atoms with Gasteiger partial charge < -0.3 is 4.90 Å². The molecule has 0 fully saturated rings. The van der Waals surface area contributed by atoms with Crippen molar-refractivity contribution in [2.75, 3.05) is 4.90 Å². The minimum absolute atomic E-state index is 1.12. The molecule has 0 saturated carbocycles. The minimum atomic E-state index is 1.12. The number of hydrogen-bond acceptors (Lipinski definition) is 1. The highest BCUT2D eigenvalue weighted by Gasteiger charge is 2.15. The average molecular weight is 598 g/mol. The van der Waals surface area contributed by atoms with Gasteiger partial charge >= 0.3 is 0 Å². The highest BCUT2D eigenvalue weighted by molar-refractivity contribution is 6.08. The summed E-state index contributed by atoms with van der Waals surface area (Å²) < 4.78 is 0. The molecule has 0 atom stereocenters. The molecule has 0 saturated heterocycles. The van der Waals surface area contributed by atoms with Gasteiger partial charge in [-0.15, -0.1) is 0 Å². The molecule has 0 aliphatic heterocycles. The summed E-state index contributed by atoms with van der Waals surface area (Å²) in [5.41, 5.74) is 8.22. The zero-order valence-corrected chi connectivity index (χ0v) is 25.8. The average Bonchev–Trinajstić information content (AvgIpc) is 3.15. The Hall–Kier alpha value is -6.18. The van der Waals surface area contributed by atoms with Gasteiger partial charge in [0.15, 0.2) is 0 Å². The maximum absolute atomic E-state index is 2.36. The van der Waals surface area contributed by atoms with E-state index in [1.165, 1.54) is 65.3 Å². The third-order valence-electron chi connectivity index (χ3n) is 9.40. The van der Waals surface area contributed by atoms with E-state index in [1.54, 1.807) is 0 Å². The predicted molar refractivity (Wildman–Crippen MR) is 202 cm³/mol. The van der Waals surface area contributed by atoms with Crippen molar-refractivity contribution in [2.24, 2.45) is 0 Å². The normalized spacial score (nSPS) is 11.4. The molecule has 47 heavy (non-hydrogen) atoms. The van der Waals surface area contributed by atoms with Crippen LogP contribution < -0.4 is 4.90 Å². The van der Waals surface area contributed by atoms with Gasteiger partial charge in [0, 0.05) is 17.1 Å². The van der Waals surface area contributed by atoms with Crippen molar-refractivity contribution >= 4 is 60.2 Å². The monoisotopic (exact) mass is 597 g/mol. The number of anilines is 3. The van der Waals surface area contributed by atoms with Crippen molar-refractivity contribution in [3.8, 4) is 22.3 Å². The first-order valence-electron chi connectivity index (χ1n) is 16.2. The van der Waals surface area contributed by atoms with Crippen molar-refractivity contribution in [1.82, 2.24) is 0 Å². The zero-order valence-electron chi connectivity index (χ0n) is 25.8. The van der Waals surface area contributed by atoms with Crippen molar-refractivity contribution in [2.45, 2.75) is 0 Å². The molecule has 9 aromatic rings. The van der Waals surface area contributed by atoms with Crippen LogP contribution in [0, 0.1) is 0 Å². The Balaban J connectivity index is 1.14. The second-order valence-electron chi connectivity index (χ2n) is 12.2. The molecule has 1 heteroatoms. The maximum atomic E-state index is 2.36. The third kappa shape index (κ3) is 4.99. The van der Waals surface area contributed by atoms with Crippen molar-refractivity contribution in [3.63, 3.8) is 0 Å². The quantitative estimate of drug-likeness (QED) is 0.178. The molecule has 9 rings (SSSR count). The molecular weight excluding hydrogens is 567 g/mol. The molecular formula is C46H31N. The molecule has 9 aromatic carbocycles. The summed E-state index contributed by atoms with van der Waals surface area (Å²) in [6.45, 7) is 0.